The quantitative estimate of drug-likeness (QED) is 0.871. The molecule has 0 atom stereocenters. The van der Waals surface area contributed by atoms with Crippen LogP contribution in [0.4, 0.5) is 5.69 Å². The third-order valence-electron chi connectivity index (χ3n) is 2.87. The smallest absolute Gasteiger partial charge is 0.0926 e. The van der Waals surface area contributed by atoms with Crippen LogP contribution < -0.4 is 10.6 Å². The van der Waals surface area contributed by atoms with Crippen molar-refractivity contribution in [1.82, 2.24) is 9.78 Å². The standard InChI is InChI=1S/C13H18N4/c1-16(2)11-6-4-10(5-7-11)13-8-12(9-14)17(3)15-13/h4-8H,9,14H2,1-3H3. The predicted molar refractivity (Wildman–Crippen MR) is 70.9 cm³/mol. The number of hydrogen-bond donors (Lipinski definition) is 1. The van der Waals surface area contributed by atoms with Crippen LogP contribution in [0.25, 0.3) is 11.3 Å². The van der Waals surface area contributed by atoms with Crippen LogP contribution in [0.5, 0.6) is 0 Å². The summed E-state index contributed by atoms with van der Waals surface area (Å²) in [5.74, 6) is 0. The van der Waals surface area contributed by atoms with Crippen molar-refractivity contribution in [2.45, 2.75) is 6.54 Å². The molecular weight excluding hydrogens is 212 g/mol. The second-order valence-electron chi connectivity index (χ2n) is 4.29. The molecule has 0 radical (unpaired) electrons. The Balaban J connectivity index is 2.33. The number of aryl methyl sites for hydroxylation is 1. The van der Waals surface area contributed by atoms with Gasteiger partial charge in [-0.05, 0) is 18.2 Å². The Kier molecular flexibility index (Phi) is 3.15. The maximum absolute atomic E-state index is 5.64. The molecule has 90 valence electrons. The second-order valence-corrected chi connectivity index (χ2v) is 4.29. The summed E-state index contributed by atoms with van der Waals surface area (Å²) in [4.78, 5) is 2.08. The summed E-state index contributed by atoms with van der Waals surface area (Å²) in [5, 5.41) is 4.45. The molecule has 0 unspecified atom stereocenters. The van der Waals surface area contributed by atoms with Gasteiger partial charge >= 0.3 is 0 Å². The maximum atomic E-state index is 5.64. The van der Waals surface area contributed by atoms with Crippen molar-refractivity contribution < 1.29 is 0 Å². The number of hydrogen-bond acceptors (Lipinski definition) is 3. The highest BCUT2D eigenvalue weighted by molar-refractivity contribution is 5.63. The molecule has 0 fully saturated rings. The van der Waals surface area contributed by atoms with Gasteiger partial charge in [0.15, 0.2) is 0 Å². The summed E-state index contributed by atoms with van der Waals surface area (Å²) in [6.07, 6.45) is 0. The van der Waals surface area contributed by atoms with Crippen molar-refractivity contribution in [3.63, 3.8) is 0 Å². The van der Waals surface area contributed by atoms with Crippen LogP contribution >= 0.6 is 0 Å². The molecule has 4 nitrogen and oxygen atoms in total. The van der Waals surface area contributed by atoms with Crippen LogP contribution in [-0.2, 0) is 13.6 Å². The van der Waals surface area contributed by atoms with Crippen LogP contribution in [0.1, 0.15) is 5.69 Å². The van der Waals surface area contributed by atoms with Crippen LogP contribution in [0, 0.1) is 0 Å². The van der Waals surface area contributed by atoms with Gasteiger partial charge in [-0.15, -0.1) is 0 Å². The Hall–Kier alpha value is -1.81. The fourth-order valence-corrected chi connectivity index (χ4v) is 1.77. The molecular formula is C13H18N4. The normalized spacial score (nSPS) is 10.6. The lowest BCUT2D eigenvalue weighted by atomic mass is 10.1. The van der Waals surface area contributed by atoms with Gasteiger partial charge in [-0.2, -0.15) is 5.10 Å². The molecule has 0 aliphatic heterocycles. The zero-order valence-corrected chi connectivity index (χ0v) is 10.5. The van der Waals surface area contributed by atoms with Crippen molar-refractivity contribution in [1.29, 1.82) is 0 Å². The van der Waals surface area contributed by atoms with Crippen LogP contribution in [0.2, 0.25) is 0 Å². The van der Waals surface area contributed by atoms with Crippen LogP contribution in [0.3, 0.4) is 0 Å². The molecule has 4 heteroatoms. The van der Waals surface area contributed by atoms with Crippen molar-refractivity contribution in [2.75, 3.05) is 19.0 Å². The van der Waals surface area contributed by atoms with Gasteiger partial charge in [-0.25, -0.2) is 0 Å². The topological polar surface area (TPSA) is 47.1 Å². The summed E-state index contributed by atoms with van der Waals surface area (Å²) in [7, 11) is 5.98. The Morgan fingerprint density at radius 3 is 2.35 bits per heavy atom. The Labute approximate surface area is 102 Å². The fraction of sp³-hybridized carbons (Fsp3) is 0.308. The van der Waals surface area contributed by atoms with E-state index in [0.29, 0.717) is 6.54 Å². The average molecular weight is 230 g/mol. The summed E-state index contributed by atoms with van der Waals surface area (Å²) in [6.45, 7) is 0.513. The van der Waals surface area contributed by atoms with Gasteiger partial charge in [0.25, 0.3) is 0 Å². The zero-order valence-electron chi connectivity index (χ0n) is 10.5. The molecule has 1 aromatic heterocycles. The van der Waals surface area contributed by atoms with Gasteiger partial charge in [0.05, 0.1) is 11.4 Å². The Morgan fingerprint density at radius 2 is 1.88 bits per heavy atom. The molecule has 1 heterocycles. The first-order valence-corrected chi connectivity index (χ1v) is 5.62. The minimum atomic E-state index is 0.513. The molecule has 1 aromatic carbocycles. The summed E-state index contributed by atoms with van der Waals surface area (Å²) in [5.41, 5.74) is 9.95. The maximum Gasteiger partial charge on any atom is 0.0926 e. The van der Waals surface area contributed by atoms with Crippen molar-refractivity contribution in [2.24, 2.45) is 12.8 Å². The van der Waals surface area contributed by atoms with Crippen LogP contribution in [-0.4, -0.2) is 23.9 Å². The van der Waals surface area contributed by atoms with Gasteiger partial charge in [-0.1, -0.05) is 12.1 Å². The minimum absolute atomic E-state index is 0.513. The lowest BCUT2D eigenvalue weighted by molar-refractivity contribution is 0.714. The van der Waals surface area contributed by atoms with E-state index in [4.69, 9.17) is 5.73 Å². The Bertz CT molecular complexity index is 497. The summed E-state index contributed by atoms with van der Waals surface area (Å²) < 4.78 is 1.83. The van der Waals surface area contributed by atoms with E-state index in [2.05, 4.69) is 34.3 Å². The van der Waals surface area contributed by atoms with E-state index >= 15 is 0 Å². The Morgan fingerprint density at radius 1 is 1.24 bits per heavy atom. The van der Waals surface area contributed by atoms with E-state index in [0.717, 1.165) is 17.0 Å². The highest BCUT2D eigenvalue weighted by Crippen LogP contribution is 2.21. The van der Waals surface area contributed by atoms with E-state index in [1.165, 1.54) is 5.69 Å². The molecule has 0 aliphatic carbocycles. The molecule has 0 aliphatic rings. The molecule has 2 rings (SSSR count). The van der Waals surface area contributed by atoms with Gasteiger partial charge in [0.1, 0.15) is 0 Å². The first kappa shape index (κ1) is 11.7. The molecule has 0 amide bonds. The van der Waals surface area contributed by atoms with E-state index in [9.17, 15) is 0 Å². The molecule has 0 spiro atoms. The van der Waals surface area contributed by atoms with Crippen molar-refractivity contribution >= 4 is 5.69 Å². The molecule has 0 saturated heterocycles. The van der Waals surface area contributed by atoms with E-state index in [1.54, 1.807) is 0 Å². The highest BCUT2D eigenvalue weighted by atomic mass is 15.3. The van der Waals surface area contributed by atoms with Gasteiger partial charge in [-0.3, -0.25) is 4.68 Å². The minimum Gasteiger partial charge on any atom is -0.378 e. The second kappa shape index (κ2) is 4.59. The van der Waals surface area contributed by atoms with Crippen LogP contribution in [0.15, 0.2) is 30.3 Å². The lowest BCUT2D eigenvalue weighted by Crippen LogP contribution is -2.07. The van der Waals surface area contributed by atoms with Crippen molar-refractivity contribution in [3.05, 3.63) is 36.0 Å². The first-order valence-electron chi connectivity index (χ1n) is 5.62. The third-order valence-corrected chi connectivity index (χ3v) is 2.87. The number of rotatable bonds is 3. The van der Waals surface area contributed by atoms with E-state index in [1.807, 2.05) is 31.9 Å². The predicted octanol–water partition coefficient (Wildman–Crippen LogP) is 1.61. The number of benzene rings is 1. The largest absolute Gasteiger partial charge is 0.378 e. The lowest BCUT2D eigenvalue weighted by Gasteiger charge is -2.12. The van der Waals surface area contributed by atoms with Crippen molar-refractivity contribution in [3.8, 4) is 11.3 Å². The number of anilines is 1. The molecule has 0 saturated carbocycles. The monoisotopic (exact) mass is 230 g/mol. The van der Waals surface area contributed by atoms with Gasteiger partial charge < -0.3 is 10.6 Å². The first-order chi connectivity index (χ1) is 8.11. The van der Waals surface area contributed by atoms with E-state index < -0.39 is 0 Å². The SMILES string of the molecule is CN(C)c1ccc(-c2cc(CN)n(C)n2)cc1. The number of nitrogens with zero attached hydrogens (tertiary/aromatic N) is 3. The third kappa shape index (κ3) is 2.31. The average Bonchev–Trinajstić information content (AvgIpc) is 2.70. The summed E-state index contributed by atoms with van der Waals surface area (Å²) >= 11 is 0. The summed E-state index contributed by atoms with van der Waals surface area (Å²) in [6, 6.07) is 10.4. The molecule has 0 bridgehead atoms. The van der Waals surface area contributed by atoms with E-state index in [-0.39, 0.29) is 0 Å². The zero-order chi connectivity index (χ0) is 12.4. The fourth-order valence-electron chi connectivity index (χ4n) is 1.77. The molecule has 17 heavy (non-hydrogen) atoms. The molecule has 2 N–H and O–H groups in total. The number of aromatic nitrogens is 2. The highest BCUT2D eigenvalue weighted by Gasteiger charge is 2.06. The van der Waals surface area contributed by atoms with Gasteiger partial charge in [0.2, 0.25) is 0 Å². The molecule has 2 aromatic rings. The van der Waals surface area contributed by atoms with Gasteiger partial charge in [0, 0.05) is 38.9 Å². The number of nitrogens with two attached hydrogens (primary N) is 1.